The fraction of sp³-hybridized carbons (Fsp3) is 0.133. The third-order valence-electron chi connectivity index (χ3n) is 2.80. The molecule has 2 aromatic rings. The summed E-state index contributed by atoms with van der Waals surface area (Å²) in [5.74, 6) is 0.191. The summed E-state index contributed by atoms with van der Waals surface area (Å²) >= 11 is 0. The number of ether oxygens (including phenoxy) is 2. The molecule has 2 rings (SSSR count). The van der Waals surface area contributed by atoms with Crippen molar-refractivity contribution in [3.05, 3.63) is 69.8 Å². The number of para-hydroxylation sites is 1. The molecule has 22 heavy (non-hydrogen) atoms. The second kappa shape index (κ2) is 7.07. The highest BCUT2D eigenvalue weighted by Crippen LogP contribution is 2.20. The van der Waals surface area contributed by atoms with Gasteiger partial charge < -0.3 is 14.3 Å². The fourth-order valence-corrected chi connectivity index (χ4v) is 1.76. The Balaban J connectivity index is 2.04. The molecule has 0 unspecified atom stereocenters. The first-order valence-electron chi connectivity index (χ1n) is 6.31. The van der Waals surface area contributed by atoms with Crippen LogP contribution in [-0.4, -0.2) is 18.2 Å². The molecule has 0 aliphatic rings. The van der Waals surface area contributed by atoms with Gasteiger partial charge in [0.2, 0.25) is 0 Å². The summed E-state index contributed by atoms with van der Waals surface area (Å²) in [5.41, 5.74) is 0.902. The van der Waals surface area contributed by atoms with Gasteiger partial charge in [-0.15, -0.1) is 10.1 Å². The molecule has 0 amide bonds. The molecule has 0 heterocycles. The maximum Gasteiger partial charge on any atom is 0.347 e. The van der Waals surface area contributed by atoms with Gasteiger partial charge in [0.15, 0.2) is 0 Å². The lowest BCUT2D eigenvalue weighted by Gasteiger charge is -2.08. The van der Waals surface area contributed by atoms with Crippen molar-refractivity contribution < 1.29 is 24.2 Å². The molecule has 0 N–H and O–H groups in total. The predicted octanol–water partition coefficient (Wildman–Crippen LogP) is 2.62. The van der Waals surface area contributed by atoms with Crippen molar-refractivity contribution in [2.24, 2.45) is 0 Å². The first-order chi connectivity index (χ1) is 10.6. The summed E-state index contributed by atoms with van der Waals surface area (Å²) in [6.45, 7) is -0.159. The first kappa shape index (κ1) is 15.3. The van der Waals surface area contributed by atoms with Gasteiger partial charge >= 0.3 is 5.97 Å². The number of benzene rings is 2. The Labute approximate surface area is 126 Å². The van der Waals surface area contributed by atoms with Gasteiger partial charge in [0.1, 0.15) is 23.7 Å². The molecule has 2 aromatic carbocycles. The third-order valence-corrected chi connectivity index (χ3v) is 2.80. The van der Waals surface area contributed by atoms with Crippen molar-refractivity contribution in [3.8, 4) is 11.5 Å². The molecular formula is C15H13NO6. The zero-order chi connectivity index (χ0) is 15.9. The van der Waals surface area contributed by atoms with Crippen LogP contribution in [0.4, 0.5) is 0 Å². The molecule has 0 saturated carbocycles. The Kier molecular flexibility index (Phi) is 4.92. The van der Waals surface area contributed by atoms with Crippen LogP contribution in [-0.2, 0) is 11.4 Å². The van der Waals surface area contributed by atoms with Crippen LogP contribution >= 0.6 is 0 Å². The summed E-state index contributed by atoms with van der Waals surface area (Å²) in [5, 5.41) is 9.24. The number of carbonyl (C=O) groups is 1. The Morgan fingerprint density at radius 2 is 1.82 bits per heavy atom. The van der Waals surface area contributed by atoms with Crippen LogP contribution in [0.15, 0.2) is 48.5 Å². The molecule has 114 valence electrons. The number of carbonyl (C=O) groups excluding carboxylic acids is 1. The lowest BCUT2D eigenvalue weighted by molar-refractivity contribution is -0.763. The van der Waals surface area contributed by atoms with Gasteiger partial charge in [-0.25, -0.2) is 4.79 Å². The summed E-state index contributed by atoms with van der Waals surface area (Å²) in [7, 11) is 1.47. The Hall–Kier alpha value is -3.09. The number of methoxy groups -OCH3 is 1. The summed E-state index contributed by atoms with van der Waals surface area (Å²) < 4.78 is 10.3. The van der Waals surface area contributed by atoms with Crippen molar-refractivity contribution in [2.45, 2.75) is 6.61 Å². The maximum atomic E-state index is 12.1. The molecule has 0 fully saturated rings. The number of rotatable bonds is 6. The molecule has 0 atom stereocenters. The Morgan fingerprint density at radius 3 is 2.45 bits per heavy atom. The molecule has 0 radical (unpaired) electrons. The van der Waals surface area contributed by atoms with Crippen molar-refractivity contribution in [3.63, 3.8) is 0 Å². The van der Waals surface area contributed by atoms with Crippen LogP contribution in [0.2, 0.25) is 0 Å². The molecule has 7 nitrogen and oxygen atoms in total. The molecule has 7 heteroatoms. The van der Waals surface area contributed by atoms with Crippen LogP contribution in [0, 0.1) is 10.1 Å². The molecular weight excluding hydrogens is 290 g/mol. The van der Waals surface area contributed by atoms with Gasteiger partial charge in [-0.2, -0.15) is 0 Å². The zero-order valence-electron chi connectivity index (χ0n) is 11.7. The minimum Gasteiger partial charge on any atom is -0.496 e. The van der Waals surface area contributed by atoms with E-state index >= 15 is 0 Å². The van der Waals surface area contributed by atoms with E-state index in [1.807, 2.05) is 0 Å². The Bertz CT molecular complexity index is 668. The summed E-state index contributed by atoms with van der Waals surface area (Å²) in [6.07, 6.45) is 0. The van der Waals surface area contributed by atoms with Crippen molar-refractivity contribution >= 4 is 5.97 Å². The monoisotopic (exact) mass is 303 g/mol. The molecule has 0 bridgehead atoms. The second-order valence-corrected chi connectivity index (χ2v) is 4.23. The van der Waals surface area contributed by atoms with Gasteiger partial charge in [0.25, 0.3) is 5.09 Å². The van der Waals surface area contributed by atoms with E-state index in [4.69, 9.17) is 9.47 Å². The van der Waals surface area contributed by atoms with Crippen molar-refractivity contribution in [2.75, 3.05) is 7.11 Å². The Morgan fingerprint density at radius 1 is 1.14 bits per heavy atom. The van der Waals surface area contributed by atoms with Gasteiger partial charge in [0, 0.05) is 0 Å². The van der Waals surface area contributed by atoms with Gasteiger partial charge in [0.05, 0.1) is 7.11 Å². The van der Waals surface area contributed by atoms with E-state index in [0.717, 1.165) is 0 Å². The maximum absolute atomic E-state index is 12.1. The number of hydrogen-bond acceptors (Lipinski definition) is 6. The van der Waals surface area contributed by atoms with E-state index in [1.54, 1.807) is 36.4 Å². The van der Waals surface area contributed by atoms with Crippen LogP contribution in [0.25, 0.3) is 0 Å². The van der Waals surface area contributed by atoms with Crippen molar-refractivity contribution in [1.82, 2.24) is 0 Å². The lowest BCUT2D eigenvalue weighted by atomic mass is 10.2. The first-order valence-corrected chi connectivity index (χ1v) is 6.31. The number of nitrogens with zero attached hydrogens (tertiary/aromatic N) is 1. The van der Waals surface area contributed by atoms with Gasteiger partial charge in [-0.3, -0.25) is 0 Å². The quantitative estimate of drug-likeness (QED) is 0.353. The fourth-order valence-electron chi connectivity index (χ4n) is 1.76. The van der Waals surface area contributed by atoms with E-state index in [0.29, 0.717) is 22.6 Å². The largest absolute Gasteiger partial charge is 0.496 e. The van der Waals surface area contributed by atoms with Crippen LogP contribution in [0.5, 0.6) is 11.5 Å². The van der Waals surface area contributed by atoms with E-state index in [-0.39, 0.29) is 6.61 Å². The summed E-state index contributed by atoms with van der Waals surface area (Å²) in [4.78, 5) is 26.4. The average Bonchev–Trinajstić information content (AvgIpc) is 2.54. The molecule has 0 aliphatic carbocycles. The second-order valence-electron chi connectivity index (χ2n) is 4.23. The minimum atomic E-state index is -0.865. The van der Waals surface area contributed by atoms with Crippen LogP contribution in [0.1, 0.15) is 15.9 Å². The molecule has 0 spiro atoms. The highest BCUT2D eigenvalue weighted by molar-refractivity contribution is 5.93. The highest BCUT2D eigenvalue weighted by Gasteiger charge is 2.13. The van der Waals surface area contributed by atoms with Crippen molar-refractivity contribution in [1.29, 1.82) is 0 Å². The van der Waals surface area contributed by atoms with Gasteiger partial charge in [-0.1, -0.05) is 24.3 Å². The molecule has 0 aromatic heterocycles. The number of esters is 1. The standard InChI is InChI=1S/C15H13NO6/c1-20-14-5-3-2-4-13(14)15(17)22-12-8-6-11(7-9-12)10-21-16(18)19/h2-9H,10H2,1H3. The van der Waals surface area contributed by atoms with E-state index < -0.39 is 11.1 Å². The smallest absolute Gasteiger partial charge is 0.347 e. The molecule has 0 saturated heterocycles. The number of hydrogen-bond donors (Lipinski definition) is 0. The summed E-state index contributed by atoms with van der Waals surface area (Å²) in [6, 6.07) is 12.9. The van der Waals surface area contributed by atoms with E-state index in [9.17, 15) is 14.9 Å². The van der Waals surface area contributed by atoms with Crippen LogP contribution in [0.3, 0.4) is 0 Å². The third kappa shape index (κ3) is 3.95. The molecule has 0 aliphatic heterocycles. The average molecular weight is 303 g/mol. The van der Waals surface area contributed by atoms with Crippen LogP contribution < -0.4 is 9.47 Å². The SMILES string of the molecule is COc1ccccc1C(=O)Oc1ccc(CO[N+](=O)[O-])cc1. The highest BCUT2D eigenvalue weighted by atomic mass is 16.9. The zero-order valence-corrected chi connectivity index (χ0v) is 11.7. The van der Waals surface area contributed by atoms with E-state index in [1.165, 1.54) is 19.2 Å². The van der Waals surface area contributed by atoms with Gasteiger partial charge in [-0.05, 0) is 29.8 Å². The lowest BCUT2D eigenvalue weighted by Crippen LogP contribution is -2.10. The topological polar surface area (TPSA) is 87.9 Å². The van der Waals surface area contributed by atoms with E-state index in [2.05, 4.69) is 4.84 Å². The predicted molar refractivity (Wildman–Crippen MR) is 76.2 cm³/mol. The normalized spacial score (nSPS) is 9.86. The minimum absolute atomic E-state index is 0.159.